The Kier molecular flexibility index (Phi) is 5.38. The zero-order chi connectivity index (χ0) is 19.6. The Morgan fingerprint density at radius 3 is 2.63 bits per heavy atom. The van der Waals surface area contributed by atoms with E-state index in [0.717, 1.165) is 11.1 Å². The van der Waals surface area contributed by atoms with Crippen LogP contribution in [0.2, 0.25) is 0 Å². The molecule has 27 heavy (non-hydrogen) atoms. The number of nitrogens with zero attached hydrogens (tertiary/aromatic N) is 5. The average molecular weight is 390 g/mol. The molecule has 0 fully saturated rings. The summed E-state index contributed by atoms with van der Waals surface area (Å²) in [4.78, 5) is 16.4. The number of fused-ring (bicyclic) bond motifs is 1. The largest absolute Gasteiger partial charge is 0.382 e. The van der Waals surface area contributed by atoms with Crippen molar-refractivity contribution in [1.82, 2.24) is 24.5 Å². The van der Waals surface area contributed by atoms with Crippen LogP contribution in [0.25, 0.3) is 11.0 Å². The first-order valence-electron chi connectivity index (χ1n) is 8.49. The molecule has 1 atom stereocenters. The molecule has 3 aromatic heterocycles. The summed E-state index contributed by atoms with van der Waals surface area (Å²) in [7, 11) is -1.95. The maximum Gasteiger partial charge on any atom is 0.246 e. The van der Waals surface area contributed by atoms with Gasteiger partial charge in [0, 0.05) is 32.2 Å². The fraction of sp³-hybridized carbons (Fsp3) is 0.412. The van der Waals surface area contributed by atoms with E-state index in [1.165, 1.54) is 12.4 Å². The Morgan fingerprint density at radius 1 is 1.26 bits per heavy atom. The van der Waals surface area contributed by atoms with Crippen molar-refractivity contribution in [2.45, 2.75) is 38.1 Å². The molecule has 10 heteroatoms. The number of nitrogen functional groups attached to an aromatic ring is 1. The first-order chi connectivity index (χ1) is 12.8. The Bertz CT molecular complexity index is 1050. The van der Waals surface area contributed by atoms with Gasteiger partial charge in [0.2, 0.25) is 15.0 Å². The third-order valence-electron chi connectivity index (χ3n) is 4.34. The molecule has 0 amide bonds. The molecule has 0 aliphatic heterocycles. The van der Waals surface area contributed by atoms with E-state index in [2.05, 4.69) is 19.9 Å². The zero-order valence-electron chi connectivity index (χ0n) is 15.5. The van der Waals surface area contributed by atoms with E-state index in [9.17, 15) is 8.42 Å². The lowest BCUT2D eigenvalue weighted by Gasteiger charge is -2.14. The second-order valence-electron chi connectivity index (χ2n) is 6.23. The number of imidazole rings is 1. The van der Waals surface area contributed by atoms with E-state index < -0.39 is 9.84 Å². The second kappa shape index (κ2) is 7.57. The van der Waals surface area contributed by atoms with Gasteiger partial charge in [-0.15, -0.1) is 0 Å². The molecule has 0 bridgehead atoms. The SMILES string of the molecule is COC(C)c1nc2c(N)ncc(C)c2n1CCCS(=O)(=O)c1ncccn1. The molecule has 0 aliphatic carbocycles. The number of hydrogen-bond acceptors (Lipinski definition) is 8. The van der Waals surface area contributed by atoms with Crippen LogP contribution in [0.15, 0.2) is 29.8 Å². The molecule has 3 aromatic rings. The van der Waals surface area contributed by atoms with Crippen molar-refractivity contribution in [3.05, 3.63) is 36.0 Å². The van der Waals surface area contributed by atoms with Crippen LogP contribution in [0.1, 0.15) is 30.8 Å². The van der Waals surface area contributed by atoms with E-state index in [4.69, 9.17) is 10.5 Å². The van der Waals surface area contributed by atoms with Crippen LogP contribution in [0.5, 0.6) is 0 Å². The minimum absolute atomic E-state index is 0.0723. The lowest BCUT2D eigenvalue weighted by atomic mass is 10.2. The number of methoxy groups -OCH3 is 1. The Labute approximate surface area is 157 Å². The minimum atomic E-state index is -3.55. The van der Waals surface area contributed by atoms with Gasteiger partial charge in [-0.25, -0.2) is 28.4 Å². The lowest BCUT2D eigenvalue weighted by molar-refractivity contribution is 0.109. The molecule has 144 valence electrons. The summed E-state index contributed by atoms with van der Waals surface area (Å²) in [6, 6.07) is 1.58. The molecule has 0 saturated heterocycles. The third-order valence-corrected chi connectivity index (χ3v) is 5.94. The molecular weight excluding hydrogens is 368 g/mol. The smallest absolute Gasteiger partial charge is 0.246 e. The summed E-state index contributed by atoms with van der Waals surface area (Å²) in [5.74, 6) is 0.949. The van der Waals surface area contributed by atoms with E-state index in [1.54, 1.807) is 19.4 Å². The van der Waals surface area contributed by atoms with Crippen LogP contribution in [-0.2, 0) is 21.1 Å². The quantitative estimate of drug-likeness (QED) is 0.604. The zero-order valence-corrected chi connectivity index (χ0v) is 16.3. The minimum Gasteiger partial charge on any atom is -0.382 e. The van der Waals surface area contributed by atoms with Gasteiger partial charge >= 0.3 is 0 Å². The topological polar surface area (TPSA) is 126 Å². The van der Waals surface area contributed by atoms with Crippen molar-refractivity contribution in [2.24, 2.45) is 0 Å². The molecule has 3 rings (SSSR count). The van der Waals surface area contributed by atoms with Crippen molar-refractivity contribution in [1.29, 1.82) is 0 Å². The summed E-state index contributed by atoms with van der Waals surface area (Å²) >= 11 is 0. The fourth-order valence-electron chi connectivity index (χ4n) is 2.93. The van der Waals surface area contributed by atoms with E-state index >= 15 is 0 Å². The molecule has 0 spiro atoms. The van der Waals surface area contributed by atoms with E-state index in [0.29, 0.717) is 30.1 Å². The average Bonchev–Trinajstić information content (AvgIpc) is 3.05. The molecule has 0 aromatic carbocycles. The highest BCUT2D eigenvalue weighted by atomic mass is 32.2. The Hall–Kier alpha value is -2.59. The molecule has 1 unspecified atom stereocenters. The summed E-state index contributed by atoms with van der Waals surface area (Å²) in [5.41, 5.74) is 8.34. The number of ether oxygens (including phenoxy) is 1. The molecule has 3 heterocycles. The number of nitrogens with two attached hydrogens (primary N) is 1. The van der Waals surface area contributed by atoms with Crippen LogP contribution in [-0.4, -0.2) is 45.8 Å². The number of hydrogen-bond donors (Lipinski definition) is 1. The first kappa shape index (κ1) is 19.2. The van der Waals surface area contributed by atoms with E-state index in [1.807, 2.05) is 18.4 Å². The highest BCUT2D eigenvalue weighted by Crippen LogP contribution is 2.28. The predicted molar refractivity (Wildman–Crippen MR) is 101 cm³/mol. The molecule has 0 aliphatic rings. The summed E-state index contributed by atoms with van der Waals surface area (Å²) in [6.07, 6.45) is 4.62. The number of sulfone groups is 1. The second-order valence-corrected chi connectivity index (χ2v) is 8.23. The standard InChI is InChI=1S/C17H22N6O3S/c1-11-10-21-15(18)13-14(11)23(16(22-13)12(2)26-3)8-5-9-27(24,25)17-19-6-4-7-20-17/h4,6-7,10,12H,5,8-9H2,1-3H3,(H2,18,21). The van der Waals surface area contributed by atoms with E-state index in [-0.39, 0.29) is 17.0 Å². The predicted octanol–water partition coefficient (Wildman–Crippen LogP) is 1.68. The van der Waals surface area contributed by atoms with Crippen LogP contribution >= 0.6 is 0 Å². The number of rotatable bonds is 7. The lowest BCUT2D eigenvalue weighted by Crippen LogP contribution is -2.15. The Balaban J connectivity index is 1.91. The van der Waals surface area contributed by atoms with Gasteiger partial charge < -0.3 is 15.0 Å². The summed E-state index contributed by atoms with van der Waals surface area (Å²) < 4.78 is 32.2. The van der Waals surface area contributed by atoms with Crippen molar-refractivity contribution in [3.8, 4) is 0 Å². The highest BCUT2D eigenvalue weighted by molar-refractivity contribution is 7.91. The molecular formula is C17H22N6O3S. The monoisotopic (exact) mass is 390 g/mol. The number of aromatic nitrogens is 5. The number of pyridine rings is 1. The normalized spacial score (nSPS) is 13.1. The highest BCUT2D eigenvalue weighted by Gasteiger charge is 2.21. The summed E-state index contributed by atoms with van der Waals surface area (Å²) in [5, 5.41) is -0.157. The van der Waals surface area contributed by atoms with Gasteiger partial charge in [0.1, 0.15) is 17.4 Å². The molecule has 0 radical (unpaired) electrons. The van der Waals surface area contributed by atoms with Gasteiger partial charge in [-0.2, -0.15) is 0 Å². The van der Waals surface area contributed by atoms with Crippen molar-refractivity contribution < 1.29 is 13.2 Å². The summed E-state index contributed by atoms with van der Waals surface area (Å²) in [6.45, 7) is 4.24. The van der Waals surface area contributed by atoms with Gasteiger partial charge in [0.15, 0.2) is 5.82 Å². The maximum absolute atomic E-state index is 12.4. The maximum atomic E-state index is 12.4. The van der Waals surface area contributed by atoms with Crippen LogP contribution in [0, 0.1) is 6.92 Å². The third kappa shape index (κ3) is 3.76. The molecule has 2 N–H and O–H groups in total. The molecule has 9 nitrogen and oxygen atoms in total. The van der Waals surface area contributed by atoms with Gasteiger partial charge in [-0.05, 0) is 31.9 Å². The van der Waals surface area contributed by atoms with Crippen molar-refractivity contribution in [3.63, 3.8) is 0 Å². The van der Waals surface area contributed by atoms with Gasteiger partial charge in [-0.1, -0.05) is 0 Å². The van der Waals surface area contributed by atoms with Crippen LogP contribution < -0.4 is 5.73 Å². The van der Waals surface area contributed by atoms with Crippen LogP contribution in [0.4, 0.5) is 5.82 Å². The van der Waals surface area contributed by atoms with Gasteiger partial charge in [0.05, 0.1) is 11.3 Å². The van der Waals surface area contributed by atoms with Crippen molar-refractivity contribution in [2.75, 3.05) is 18.6 Å². The number of aryl methyl sites for hydroxylation is 2. The van der Waals surface area contributed by atoms with Gasteiger partial charge in [0.25, 0.3) is 0 Å². The first-order valence-corrected chi connectivity index (χ1v) is 10.1. The Morgan fingerprint density at radius 2 is 1.96 bits per heavy atom. The van der Waals surface area contributed by atoms with Gasteiger partial charge in [-0.3, -0.25) is 0 Å². The number of anilines is 1. The van der Waals surface area contributed by atoms with Crippen molar-refractivity contribution >= 4 is 26.7 Å². The fourth-order valence-corrected chi connectivity index (χ4v) is 4.06. The van der Waals surface area contributed by atoms with Crippen LogP contribution in [0.3, 0.4) is 0 Å². The molecule has 0 saturated carbocycles.